The summed E-state index contributed by atoms with van der Waals surface area (Å²) >= 11 is 2.61. The van der Waals surface area contributed by atoms with Crippen molar-refractivity contribution in [3.05, 3.63) is 86.5 Å². The number of hydrogen-bond acceptors (Lipinski definition) is 6. The zero-order chi connectivity index (χ0) is 23.5. The second-order valence-corrected chi connectivity index (χ2v) is 9.67. The van der Waals surface area contributed by atoms with Gasteiger partial charge in [0.1, 0.15) is 4.70 Å². The number of Topliss-reactive ketones (excluding diaryl/α,β-unsaturated/α-hetero) is 1. The molecule has 0 aliphatic heterocycles. The molecule has 0 saturated carbocycles. The molecule has 33 heavy (non-hydrogen) atoms. The van der Waals surface area contributed by atoms with Crippen LogP contribution in [0.5, 0.6) is 0 Å². The molecule has 1 N–H and O–H groups in total. The van der Waals surface area contributed by atoms with E-state index in [4.69, 9.17) is 0 Å². The summed E-state index contributed by atoms with van der Waals surface area (Å²) in [5, 5.41) is 5.18. The number of fused-ring (bicyclic) bond motifs is 1. The van der Waals surface area contributed by atoms with E-state index in [1.807, 2.05) is 30.5 Å². The Labute approximate surface area is 199 Å². The maximum Gasteiger partial charge on any atom is 0.272 e. The highest BCUT2D eigenvalue weighted by atomic mass is 32.2. The Balaban J connectivity index is 1.55. The average molecular weight is 478 g/mol. The van der Waals surface area contributed by atoms with Crippen molar-refractivity contribution < 1.29 is 9.59 Å². The molecule has 1 amide bonds. The maximum absolute atomic E-state index is 13.2. The largest absolute Gasteiger partial charge is 0.325 e. The smallest absolute Gasteiger partial charge is 0.272 e. The van der Waals surface area contributed by atoms with Crippen molar-refractivity contribution >= 4 is 50.7 Å². The first kappa shape index (κ1) is 22.9. The Morgan fingerprint density at radius 3 is 2.52 bits per heavy atom. The first-order valence-electron chi connectivity index (χ1n) is 10.4. The van der Waals surface area contributed by atoms with E-state index >= 15 is 0 Å². The van der Waals surface area contributed by atoms with Gasteiger partial charge in [0.25, 0.3) is 5.56 Å². The van der Waals surface area contributed by atoms with Gasteiger partial charge in [-0.05, 0) is 73.2 Å². The summed E-state index contributed by atoms with van der Waals surface area (Å²) in [5.41, 5.74) is 5.11. The number of hydrogen-bond donors (Lipinski definition) is 1. The molecular formula is C25H23N3O3S2. The van der Waals surface area contributed by atoms with Gasteiger partial charge in [0.15, 0.2) is 10.9 Å². The average Bonchev–Trinajstić information content (AvgIpc) is 3.26. The second kappa shape index (κ2) is 9.72. The summed E-state index contributed by atoms with van der Waals surface area (Å²) in [6, 6.07) is 14.7. The SMILES string of the molecule is CC(=O)c1ccc(NC(=O)CSc2nc3ccsc3c(=O)n2Cc2ccc(C)c(C)c2)cc1. The Hall–Kier alpha value is -3.23. The molecule has 0 radical (unpaired) electrons. The lowest BCUT2D eigenvalue weighted by molar-refractivity contribution is -0.113. The van der Waals surface area contributed by atoms with Crippen molar-refractivity contribution in [3.8, 4) is 0 Å². The van der Waals surface area contributed by atoms with Gasteiger partial charge in [-0.2, -0.15) is 0 Å². The summed E-state index contributed by atoms with van der Waals surface area (Å²) < 4.78 is 2.25. The lowest BCUT2D eigenvalue weighted by atomic mass is 10.1. The van der Waals surface area contributed by atoms with Crippen LogP contribution in [0.15, 0.2) is 63.9 Å². The van der Waals surface area contributed by atoms with E-state index in [-0.39, 0.29) is 23.0 Å². The molecule has 0 saturated heterocycles. The molecule has 8 heteroatoms. The number of aromatic nitrogens is 2. The molecule has 2 aromatic heterocycles. The van der Waals surface area contributed by atoms with Crippen LogP contribution >= 0.6 is 23.1 Å². The van der Waals surface area contributed by atoms with Gasteiger partial charge in [-0.1, -0.05) is 30.0 Å². The van der Waals surface area contributed by atoms with Gasteiger partial charge in [-0.15, -0.1) is 11.3 Å². The van der Waals surface area contributed by atoms with Crippen LogP contribution in [0.25, 0.3) is 10.2 Å². The number of aryl methyl sites for hydroxylation is 2. The highest BCUT2D eigenvalue weighted by Crippen LogP contribution is 2.23. The number of benzene rings is 2. The fraction of sp³-hybridized carbons (Fsp3) is 0.200. The molecule has 4 aromatic rings. The third-order valence-corrected chi connectivity index (χ3v) is 7.22. The van der Waals surface area contributed by atoms with Crippen molar-refractivity contribution in [2.45, 2.75) is 32.5 Å². The van der Waals surface area contributed by atoms with Gasteiger partial charge in [0.2, 0.25) is 5.91 Å². The Morgan fingerprint density at radius 1 is 1.06 bits per heavy atom. The number of thioether (sulfide) groups is 1. The molecule has 6 nitrogen and oxygen atoms in total. The van der Waals surface area contributed by atoms with Crippen molar-refractivity contribution in [1.29, 1.82) is 0 Å². The van der Waals surface area contributed by atoms with Crippen LogP contribution in [0.3, 0.4) is 0 Å². The fourth-order valence-electron chi connectivity index (χ4n) is 3.37. The summed E-state index contributed by atoms with van der Waals surface area (Å²) in [4.78, 5) is 41.8. The predicted octanol–water partition coefficient (Wildman–Crippen LogP) is 5.06. The van der Waals surface area contributed by atoms with Crippen LogP contribution in [0.4, 0.5) is 5.69 Å². The van der Waals surface area contributed by atoms with Crippen molar-refractivity contribution in [2.75, 3.05) is 11.1 Å². The van der Waals surface area contributed by atoms with Crippen LogP contribution in [-0.2, 0) is 11.3 Å². The minimum absolute atomic E-state index is 0.0277. The standard InChI is InChI=1S/C25H23N3O3S2/c1-15-4-5-18(12-16(15)2)13-28-24(31)23-21(10-11-32-23)27-25(28)33-14-22(30)26-20-8-6-19(7-9-20)17(3)29/h4-12H,13-14H2,1-3H3,(H,26,30). The minimum atomic E-state index is -0.215. The third-order valence-electron chi connectivity index (χ3n) is 5.35. The minimum Gasteiger partial charge on any atom is -0.325 e. The first-order chi connectivity index (χ1) is 15.8. The zero-order valence-corrected chi connectivity index (χ0v) is 20.2. The number of amides is 1. The first-order valence-corrected chi connectivity index (χ1v) is 12.3. The van der Waals surface area contributed by atoms with Gasteiger partial charge in [0, 0.05) is 11.3 Å². The maximum atomic E-state index is 13.2. The summed E-state index contributed by atoms with van der Waals surface area (Å²) in [5.74, 6) is -0.142. The van der Waals surface area contributed by atoms with Gasteiger partial charge in [0.05, 0.1) is 17.8 Å². The highest BCUT2D eigenvalue weighted by molar-refractivity contribution is 7.99. The fourth-order valence-corrected chi connectivity index (χ4v) is 4.95. The van der Waals surface area contributed by atoms with Crippen molar-refractivity contribution in [3.63, 3.8) is 0 Å². The van der Waals surface area contributed by atoms with Crippen LogP contribution < -0.4 is 10.9 Å². The molecule has 0 aliphatic rings. The molecule has 0 unspecified atom stereocenters. The number of ketones is 1. The molecule has 168 valence electrons. The topological polar surface area (TPSA) is 81.1 Å². The van der Waals surface area contributed by atoms with E-state index in [0.29, 0.717) is 33.2 Å². The predicted molar refractivity (Wildman–Crippen MR) is 135 cm³/mol. The van der Waals surface area contributed by atoms with E-state index in [2.05, 4.69) is 23.3 Å². The summed E-state index contributed by atoms with van der Waals surface area (Å²) in [7, 11) is 0. The number of thiophene rings is 1. The number of carbonyl (C=O) groups is 2. The molecule has 2 heterocycles. The van der Waals surface area contributed by atoms with Gasteiger partial charge in [-0.25, -0.2) is 4.98 Å². The third kappa shape index (κ3) is 5.23. The molecule has 2 aromatic carbocycles. The van der Waals surface area contributed by atoms with Crippen LogP contribution in [-0.4, -0.2) is 27.0 Å². The molecule has 4 rings (SSSR count). The molecule has 0 spiro atoms. The number of anilines is 1. The highest BCUT2D eigenvalue weighted by Gasteiger charge is 2.15. The van der Waals surface area contributed by atoms with E-state index < -0.39 is 0 Å². The van der Waals surface area contributed by atoms with Gasteiger partial charge < -0.3 is 5.32 Å². The zero-order valence-electron chi connectivity index (χ0n) is 18.5. The van der Waals surface area contributed by atoms with Crippen molar-refractivity contribution in [2.24, 2.45) is 0 Å². The molecule has 0 atom stereocenters. The van der Waals surface area contributed by atoms with Crippen molar-refractivity contribution in [1.82, 2.24) is 9.55 Å². The molecule has 0 fully saturated rings. The molecule has 0 aliphatic carbocycles. The monoisotopic (exact) mass is 477 g/mol. The summed E-state index contributed by atoms with van der Waals surface area (Å²) in [6.45, 7) is 5.99. The van der Waals surface area contributed by atoms with E-state index in [1.165, 1.54) is 35.6 Å². The van der Waals surface area contributed by atoms with Crippen LogP contribution in [0.2, 0.25) is 0 Å². The number of carbonyl (C=O) groups excluding carboxylic acids is 2. The van der Waals surface area contributed by atoms with Crippen LogP contribution in [0.1, 0.15) is 34.0 Å². The molecular weight excluding hydrogens is 454 g/mol. The van der Waals surface area contributed by atoms with Crippen LogP contribution in [0, 0.1) is 13.8 Å². The number of nitrogens with one attached hydrogen (secondary N) is 1. The van der Waals surface area contributed by atoms with Gasteiger partial charge in [-0.3, -0.25) is 19.0 Å². The molecule has 0 bridgehead atoms. The summed E-state index contributed by atoms with van der Waals surface area (Å²) in [6.07, 6.45) is 0. The quantitative estimate of drug-likeness (QED) is 0.229. The van der Waals surface area contributed by atoms with E-state index in [0.717, 1.165) is 11.1 Å². The normalized spacial score (nSPS) is 11.0. The Kier molecular flexibility index (Phi) is 6.76. The lowest BCUT2D eigenvalue weighted by Gasteiger charge is -2.13. The van der Waals surface area contributed by atoms with E-state index in [1.54, 1.807) is 28.8 Å². The lowest BCUT2D eigenvalue weighted by Crippen LogP contribution is -2.24. The Morgan fingerprint density at radius 2 is 1.82 bits per heavy atom. The van der Waals surface area contributed by atoms with E-state index in [9.17, 15) is 14.4 Å². The number of nitrogens with zero attached hydrogens (tertiary/aromatic N) is 2. The number of rotatable bonds is 7. The Bertz CT molecular complexity index is 1400. The van der Waals surface area contributed by atoms with Gasteiger partial charge >= 0.3 is 0 Å². The second-order valence-electron chi connectivity index (χ2n) is 7.81.